The average Bonchev–Trinajstić information content (AvgIpc) is 2.19. The van der Waals surface area contributed by atoms with Crippen molar-refractivity contribution in [1.82, 2.24) is 10.6 Å². The molecule has 0 unspecified atom stereocenters. The lowest BCUT2D eigenvalue weighted by Crippen LogP contribution is -2.46. The van der Waals surface area contributed by atoms with E-state index in [1.165, 1.54) is 0 Å². The molecule has 1 rings (SSSR count). The van der Waals surface area contributed by atoms with Gasteiger partial charge in [-0.1, -0.05) is 6.92 Å². The first-order valence-corrected chi connectivity index (χ1v) is 5.17. The van der Waals surface area contributed by atoms with E-state index in [9.17, 15) is 4.79 Å². The Morgan fingerprint density at radius 3 is 2.60 bits per heavy atom. The zero-order valence-electron chi connectivity index (χ0n) is 9.47. The van der Waals surface area contributed by atoms with Crippen molar-refractivity contribution in [2.75, 3.05) is 33.4 Å². The molecule has 0 bridgehead atoms. The fourth-order valence-corrected chi connectivity index (χ4v) is 1.69. The van der Waals surface area contributed by atoms with Crippen LogP contribution in [0.1, 0.15) is 19.8 Å². The summed E-state index contributed by atoms with van der Waals surface area (Å²) in [6.45, 7) is 5.11. The highest BCUT2D eigenvalue weighted by Crippen LogP contribution is 2.27. The highest BCUT2D eigenvalue weighted by atomic mass is 35.5. The van der Waals surface area contributed by atoms with E-state index >= 15 is 0 Å². The van der Waals surface area contributed by atoms with Crippen LogP contribution < -0.4 is 10.6 Å². The second-order valence-corrected chi connectivity index (χ2v) is 4.06. The van der Waals surface area contributed by atoms with E-state index < -0.39 is 0 Å². The maximum absolute atomic E-state index is 11.8. The van der Waals surface area contributed by atoms with Gasteiger partial charge in [-0.25, -0.2) is 0 Å². The maximum Gasteiger partial charge on any atom is 0.226 e. The third-order valence-corrected chi connectivity index (χ3v) is 2.85. The molecule has 15 heavy (non-hydrogen) atoms. The molecule has 90 valence electrons. The molecule has 0 aromatic heterocycles. The molecule has 1 amide bonds. The standard InChI is InChI=1S/C10H20N2O2.ClH/c1-10(3-5-11-6-4-10)9(13)12-7-8-14-2;/h11H,3-8H2,1-2H3,(H,12,13);1H. The minimum absolute atomic E-state index is 0. The highest BCUT2D eigenvalue weighted by Gasteiger charge is 2.33. The van der Waals surface area contributed by atoms with Gasteiger partial charge < -0.3 is 15.4 Å². The Balaban J connectivity index is 0.00000196. The molecule has 1 saturated heterocycles. The Hall–Kier alpha value is -0.320. The quantitative estimate of drug-likeness (QED) is 0.702. The Morgan fingerprint density at radius 2 is 2.07 bits per heavy atom. The first-order valence-electron chi connectivity index (χ1n) is 5.17. The van der Waals surface area contributed by atoms with E-state index in [2.05, 4.69) is 10.6 Å². The normalized spacial score (nSPS) is 19.1. The van der Waals surface area contributed by atoms with Crippen molar-refractivity contribution in [2.45, 2.75) is 19.8 Å². The number of nitrogens with one attached hydrogen (secondary N) is 2. The van der Waals surface area contributed by atoms with Gasteiger partial charge in [0.05, 0.1) is 6.61 Å². The van der Waals surface area contributed by atoms with Crippen LogP contribution in [-0.2, 0) is 9.53 Å². The van der Waals surface area contributed by atoms with Gasteiger partial charge in [0.2, 0.25) is 5.91 Å². The van der Waals surface area contributed by atoms with Gasteiger partial charge in [-0.3, -0.25) is 4.79 Å². The largest absolute Gasteiger partial charge is 0.383 e. The second kappa shape index (κ2) is 7.04. The molecule has 0 aliphatic carbocycles. The number of halogens is 1. The van der Waals surface area contributed by atoms with Crippen molar-refractivity contribution in [1.29, 1.82) is 0 Å². The van der Waals surface area contributed by atoms with Crippen LogP contribution in [0.25, 0.3) is 0 Å². The molecular formula is C10H21ClN2O2. The summed E-state index contributed by atoms with van der Waals surface area (Å²) >= 11 is 0. The topological polar surface area (TPSA) is 50.4 Å². The van der Waals surface area contributed by atoms with E-state index in [0.29, 0.717) is 13.2 Å². The first kappa shape index (κ1) is 14.7. The monoisotopic (exact) mass is 236 g/mol. The minimum atomic E-state index is -0.182. The number of amides is 1. The van der Waals surface area contributed by atoms with Gasteiger partial charge in [-0.15, -0.1) is 12.4 Å². The number of carbonyl (C=O) groups is 1. The highest BCUT2D eigenvalue weighted by molar-refractivity contribution is 5.85. The van der Waals surface area contributed by atoms with Crippen molar-refractivity contribution in [3.05, 3.63) is 0 Å². The number of rotatable bonds is 4. The molecule has 1 aliphatic rings. The van der Waals surface area contributed by atoms with Crippen LogP contribution in [0, 0.1) is 5.41 Å². The van der Waals surface area contributed by atoms with Crippen LogP contribution in [0.4, 0.5) is 0 Å². The molecule has 1 fully saturated rings. The Kier molecular flexibility index (Phi) is 6.89. The molecule has 5 heteroatoms. The predicted molar refractivity (Wildman–Crippen MR) is 62.3 cm³/mol. The third kappa shape index (κ3) is 4.36. The van der Waals surface area contributed by atoms with E-state index in [-0.39, 0.29) is 23.7 Å². The molecule has 0 aromatic rings. The molecule has 1 aliphatic heterocycles. The molecule has 2 N–H and O–H groups in total. The molecule has 0 spiro atoms. The van der Waals surface area contributed by atoms with Crippen LogP contribution >= 0.6 is 12.4 Å². The van der Waals surface area contributed by atoms with E-state index in [1.807, 2.05) is 6.92 Å². The Bertz CT molecular complexity index is 194. The summed E-state index contributed by atoms with van der Waals surface area (Å²) in [5.41, 5.74) is -0.182. The lowest BCUT2D eigenvalue weighted by Gasteiger charge is -2.32. The molecular weight excluding hydrogens is 216 g/mol. The third-order valence-electron chi connectivity index (χ3n) is 2.85. The second-order valence-electron chi connectivity index (χ2n) is 4.06. The first-order chi connectivity index (χ1) is 6.69. The molecule has 0 radical (unpaired) electrons. The minimum Gasteiger partial charge on any atom is -0.383 e. The summed E-state index contributed by atoms with van der Waals surface area (Å²) in [5, 5.41) is 6.16. The summed E-state index contributed by atoms with van der Waals surface area (Å²) in [6, 6.07) is 0. The SMILES string of the molecule is COCCNC(=O)C1(C)CCNCC1.Cl. The smallest absolute Gasteiger partial charge is 0.226 e. The molecule has 0 saturated carbocycles. The summed E-state index contributed by atoms with van der Waals surface area (Å²) in [6.07, 6.45) is 1.84. The van der Waals surface area contributed by atoms with Gasteiger partial charge in [0.25, 0.3) is 0 Å². The van der Waals surface area contributed by atoms with Crippen LogP contribution in [0.5, 0.6) is 0 Å². The molecule has 1 heterocycles. The zero-order chi connectivity index (χ0) is 10.4. The number of hydrogen-bond acceptors (Lipinski definition) is 3. The lowest BCUT2D eigenvalue weighted by atomic mass is 9.80. The van der Waals surface area contributed by atoms with Gasteiger partial charge in [0, 0.05) is 19.1 Å². The number of hydrogen-bond donors (Lipinski definition) is 2. The van der Waals surface area contributed by atoms with Gasteiger partial charge in [0.1, 0.15) is 0 Å². The Morgan fingerprint density at radius 1 is 1.47 bits per heavy atom. The average molecular weight is 237 g/mol. The van der Waals surface area contributed by atoms with Gasteiger partial charge in [-0.05, 0) is 25.9 Å². The zero-order valence-corrected chi connectivity index (χ0v) is 10.3. The van der Waals surface area contributed by atoms with Crippen molar-refractivity contribution >= 4 is 18.3 Å². The van der Waals surface area contributed by atoms with Crippen LogP contribution in [0.2, 0.25) is 0 Å². The van der Waals surface area contributed by atoms with Crippen molar-refractivity contribution in [3.8, 4) is 0 Å². The number of carbonyl (C=O) groups excluding carboxylic acids is 1. The van der Waals surface area contributed by atoms with Gasteiger partial charge in [-0.2, -0.15) is 0 Å². The van der Waals surface area contributed by atoms with Crippen LogP contribution in [-0.4, -0.2) is 39.3 Å². The lowest BCUT2D eigenvalue weighted by molar-refractivity contribution is -0.131. The summed E-state index contributed by atoms with van der Waals surface area (Å²) in [4.78, 5) is 11.8. The fraction of sp³-hybridized carbons (Fsp3) is 0.900. The van der Waals surface area contributed by atoms with Gasteiger partial charge in [0.15, 0.2) is 0 Å². The van der Waals surface area contributed by atoms with Gasteiger partial charge >= 0.3 is 0 Å². The summed E-state index contributed by atoms with van der Waals surface area (Å²) in [7, 11) is 1.64. The molecule has 0 aromatic carbocycles. The number of piperidine rings is 1. The predicted octanol–water partition coefficient (Wildman–Crippen LogP) is 0.560. The van der Waals surface area contributed by atoms with Crippen LogP contribution in [0.15, 0.2) is 0 Å². The summed E-state index contributed by atoms with van der Waals surface area (Å²) < 4.78 is 4.89. The number of ether oxygens (including phenoxy) is 1. The fourth-order valence-electron chi connectivity index (χ4n) is 1.69. The Labute approximate surface area is 97.5 Å². The van der Waals surface area contributed by atoms with E-state index in [0.717, 1.165) is 25.9 Å². The molecule has 4 nitrogen and oxygen atoms in total. The van der Waals surface area contributed by atoms with Crippen LogP contribution in [0.3, 0.4) is 0 Å². The van der Waals surface area contributed by atoms with E-state index in [4.69, 9.17) is 4.74 Å². The molecule has 0 atom stereocenters. The number of methoxy groups -OCH3 is 1. The van der Waals surface area contributed by atoms with E-state index in [1.54, 1.807) is 7.11 Å². The summed E-state index contributed by atoms with van der Waals surface area (Å²) in [5.74, 6) is 0.163. The van der Waals surface area contributed by atoms with Crippen molar-refractivity contribution < 1.29 is 9.53 Å². The van der Waals surface area contributed by atoms with Crippen molar-refractivity contribution in [2.24, 2.45) is 5.41 Å². The van der Waals surface area contributed by atoms with Crippen molar-refractivity contribution in [3.63, 3.8) is 0 Å². The maximum atomic E-state index is 11.8.